The summed E-state index contributed by atoms with van der Waals surface area (Å²) in [6.45, 7) is 0. The number of benzene rings is 1. The van der Waals surface area contributed by atoms with Gasteiger partial charge in [0.2, 0.25) is 10.0 Å². The van der Waals surface area contributed by atoms with E-state index in [9.17, 15) is 13.2 Å². The van der Waals surface area contributed by atoms with Crippen LogP contribution in [-0.4, -0.2) is 24.7 Å². The van der Waals surface area contributed by atoms with Crippen molar-refractivity contribution in [3.63, 3.8) is 0 Å². The summed E-state index contributed by atoms with van der Waals surface area (Å²) < 4.78 is 27.2. The number of rotatable bonds is 4. The van der Waals surface area contributed by atoms with Crippen molar-refractivity contribution in [2.24, 2.45) is 0 Å². The minimum atomic E-state index is -3.40. The maximum Gasteiger partial charge on any atom is 0.335 e. The molecule has 0 spiro atoms. The van der Waals surface area contributed by atoms with E-state index in [1.54, 1.807) is 0 Å². The second kappa shape index (κ2) is 5.50. The molecular weight excluding hydrogens is 334 g/mol. The molecule has 1 saturated carbocycles. The van der Waals surface area contributed by atoms with Crippen LogP contribution in [0.5, 0.6) is 0 Å². The topological polar surface area (TPSA) is 83.5 Å². The Hall–Kier alpha value is -1.08. The highest BCUT2D eigenvalue weighted by molar-refractivity contribution is 9.10. The molecule has 2 N–H and O–H groups in total. The standard InChI is InChI=1S/C12H14BrNO4S/c13-10-7-8(12(15)16)5-6-11(10)14-19(17,18)9-3-1-2-4-9/h5-7,9,14H,1-4H2,(H,15,16). The second-order valence-electron chi connectivity index (χ2n) is 4.55. The molecule has 1 aromatic carbocycles. The number of carboxylic acid groups (broad SMARTS) is 1. The van der Waals surface area contributed by atoms with E-state index in [-0.39, 0.29) is 10.8 Å². The van der Waals surface area contributed by atoms with E-state index in [0.717, 1.165) is 12.8 Å². The third-order valence-electron chi connectivity index (χ3n) is 3.21. The second-order valence-corrected chi connectivity index (χ2v) is 7.37. The van der Waals surface area contributed by atoms with E-state index in [1.165, 1.54) is 18.2 Å². The van der Waals surface area contributed by atoms with Crippen LogP contribution in [0.15, 0.2) is 22.7 Å². The van der Waals surface area contributed by atoms with Gasteiger partial charge in [-0.25, -0.2) is 13.2 Å². The molecule has 1 fully saturated rings. The van der Waals surface area contributed by atoms with Gasteiger partial charge >= 0.3 is 5.97 Å². The molecule has 1 aliphatic carbocycles. The Morgan fingerprint density at radius 2 is 1.95 bits per heavy atom. The van der Waals surface area contributed by atoms with Crippen molar-refractivity contribution in [1.82, 2.24) is 0 Å². The third-order valence-corrected chi connectivity index (χ3v) is 5.72. The maximum atomic E-state index is 12.1. The first kappa shape index (κ1) is 14.3. The lowest BCUT2D eigenvalue weighted by atomic mass is 10.2. The first-order valence-corrected chi connectivity index (χ1v) is 8.28. The van der Waals surface area contributed by atoms with Crippen LogP contribution in [0, 0.1) is 0 Å². The van der Waals surface area contributed by atoms with E-state index in [0.29, 0.717) is 23.0 Å². The van der Waals surface area contributed by atoms with E-state index in [4.69, 9.17) is 5.11 Å². The number of nitrogens with one attached hydrogen (secondary N) is 1. The number of carbonyl (C=O) groups is 1. The fourth-order valence-electron chi connectivity index (χ4n) is 2.17. The van der Waals surface area contributed by atoms with Crippen LogP contribution < -0.4 is 4.72 Å². The lowest BCUT2D eigenvalue weighted by molar-refractivity contribution is 0.0697. The molecule has 5 nitrogen and oxygen atoms in total. The lowest BCUT2D eigenvalue weighted by Crippen LogP contribution is -2.25. The fraction of sp³-hybridized carbons (Fsp3) is 0.417. The molecule has 0 bridgehead atoms. The monoisotopic (exact) mass is 347 g/mol. The molecule has 0 aromatic heterocycles. The van der Waals surface area contributed by atoms with Gasteiger partial charge in [-0.05, 0) is 47.0 Å². The summed E-state index contributed by atoms with van der Waals surface area (Å²) in [7, 11) is -3.40. The van der Waals surface area contributed by atoms with Gasteiger partial charge in [-0.3, -0.25) is 4.72 Å². The summed E-state index contributed by atoms with van der Waals surface area (Å²) in [4.78, 5) is 10.8. The Morgan fingerprint density at radius 3 is 2.47 bits per heavy atom. The Balaban J connectivity index is 2.21. The SMILES string of the molecule is O=C(O)c1ccc(NS(=O)(=O)C2CCCC2)c(Br)c1. The molecule has 0 saturated heterocycles. The summed E-state index contributed by atoms with van der Waals surface area (Å²) in [6.07, 6.45) is 3.23. The normalized spacial score (nSPS) is 16.5. The van der Waals surface area contributed by atoms with Crippen LogP contribution in [0.4, 0.5) is 5.69 Å². The Morgan fingerprint density at radius 1 is 1.32 bits per heavy atom. The van der Waals surface area contributed by atoms with Crippen LogP contribution >= 0.6 is 15.9 Å². The highest BCUT2D eigenvalue weighted by Crippen LogP contribution is 2.29. The number of hydrogen-bond donors (Lipinski definition) is 2. The predicted octanol–water partition coefficient (Wildman–Crippen LogP) is 2.83. The van der Waals surface area contributed by atoms with Crippen LogP contribution in [0.2, 0.25) is 0 Å². The molecule has 1 aliphatic rings. The molecule has 104 valence electrons. The Kier molecular flexibility index (Phi) is 4.15. The van der Waals surface area contributed by atoms with Crippen molar-refractivity contribution < 1.29 is 18.3 Å². The number of halogens is 1. The molecule has 0 heterocycles. The Labute approximate surface area is 120 Å². The van der Waals surface area contributed by atoms with Crippen LogP contribution in [0.3, 0.4) is 0 Å². The number of anilines is 1. The van der Waals surface area contributed by atoms with Gasteiger partial charge in [0.25, 0.3) is 0 Å². The minimum Gasteiger partial charge on any atom is -0.478 e. The molecule has 0 radical (unpaired) electrons. The van der Waals surface area contributed by atoms with Crippen LogP contribution in [-0.2, 0) is 10.0 Å². The van der Waals surface area contributed by atoms with Crippen molar-refractivity contribution in [3.05, 3.63) is 28.2 Å². The highest BCUT2D eigenvalue weighted by atomic mass is 79.9. The molecule has 0 unspecified atom stereocenters. The predicted molar refractivity (Wildman–Crippen MR) is 75.9 cm³/mol. The minimum absolute atomic E-state index is 0.107. The molecule has 0 aliphatic heterocycles. The number of carboxylic acids is 1. The van der Waals surface area contributed by atoms with E-state index in [2.05, 4.69) is 20.7 Å². The van der Waals surface area contributed by atoms with E-state index in [1.807, 2.05) is 0 Å². The summed E-state index contributed by atoms with van der Waals surface area (Å²) >= 11 is 3.19. The summed E-state index contributed by atoms with van der Waals surface area (Å²) in [5, 5.41) is 8.50. The highest BCUT2D eigenvalue weighted by Gasteiger charge is 2.29. The molecule has 1 aromatic rings. The smallest absolute Gasteiger partial charge is 0.335 e. The average molecular weight is 348 g/mol. The molecule has 0 amide bonds. The summed E-state index contributed by atoms with van der Waals surface area (Å²) in [5.74, 6) is -1.05. The Bertz CT molecular complexity index is 594. The largest absolute Gasteiger partial charge is 0.478 e. The van der Waals surface area contributed by atoms with Gasteiger partial charge in [-0.1, -0.05) is 12.8 Å². The maximum absolute atomic E-state index is 12.1. The van der Waals surface area contributed by atoms with Gasteiger partial charge in [-0.15, -0.1) is 0 Å². The van der Waals surface area contributed by atoms with Gasteiger partial charge in [0.05, 0.1) is 16.5 Å². The molecule has 19 heavy (non-hydrogen) atoms. The van der Waals surface area contributed by atoms with Crippen LogP contribution in [0.25, 0.3) is 0 Å². The van der Waals surface area contributed by atoms with Crippen molar-refractivity contribution in [3.8, 4) is 0 Å². The van der Waals surface area contributed by atoms with Crippen molar-refractivity contribution >= 4 is 37.6 Å². The molecule has 2 rings (SSSR count). The van der Waals surface area contributed by atoms with Crippen LogP contribution in [0.1, 0.15) is 36.0 Å². The number of aromatic carboxylic acids is 1. The van der Waals surface area contributed by atoms with Crippen molar-refractivity contribution in [2.45, 2.75) is 30.9 Å². The zero-order valence-electron chi connectivity index (χ0n) is 10.1. The fourth-order valence-corrected chi connectivity index (χ4v) is 4.38. The summed E-state index contributed by atoms with van der Waals surface area (Å²) in [6, 6.07) is 4.22. The molecular formula is C12H14BrNO4S. The summed E-state index contributed by atoms with van der Waals surface area (Å²) in [5.41, 5.74) is 0.479. The lowest BCUT2D eigenvalue weighted by Gasteiger charge is -2.14. The molecule has 7 heteroatoms. The quantitative estimate of drug-likeness (QED) is 0.876. The first-order chi connectivity index (χ1) is 8.90. The van der Waals surface area contributed by atoms with Crippen molar-refractivity contribution in [2.75, 3.05) is 4.72 Å². The van der Waals surface area contributed by atoms with Gasteiger partial charge in [0.15, 0.2) is 0 Å². The number of hydrogen-bond acceptors (Lipinski definition) is 3. The van der Waals surface area contributed by atoms with Gasteiger partial charge in [-0.2, -0.15) is 0 Å². The zero-order chi connectivity index (χ0) is 14.0. The van der Waals surface area contributed by atoms with E-state index >= 15 is 0 Å². The molecule has 0 atom stereocenters. The first-order valence-electron chi connectivity index (χ1n) is 5.94. The number of sulfonamides is 1. The van der Waals surface area contributed by atoms with E-state index < -0.39 is 16.0 Å². The zero-order valence-corrected chi connectivity index (χ0v) is 12.5. The third kappa shape index (κ3) is 3.27. The average Bonchev–Trinajstić information content (AvgIpc) is 2.85. The van der Waals surface area contributed by atoms with Gasteiger partial charge in [0, 0.05) is 4.47 Å². The van der Waals surface area contributed by atoms with Crippen molar-refractivity contribution in [1.29, 1.82) is 0 Å². The van der Waals surface area contributed by atoms with Gasteiger partial charge < -0.3 is 5.11 Å². The van der Waals surface area contributed by atoms with Gasteiger partial charge in [0.1, 0.15) is 0 Å².